The Balaban J connectivity index is 2.27. The summed E-state index contributed by atoms with van der Waals surface area (Å²) in [4.78, 5) is 0. The van der Waals surface area contributed by atoms with Gasteiger partial charge in [-0.15, -0.1) is 0 Å². The highest BCUT2D eigenvalue weighted by molar-refractivity contribution is 5.96. The van der Waals surface area contributed by atoms with Gasteiger partial charge < -0.3 is 10.5 Å². The van der Waals surface area contributed by atoms with Crippen molar-refractivity contribution in [1.29, 1.82) is 5.41 Å². The molecule has 2 aromatic carbocycles. The Labute approximate surface area is 124 Å². The fourth-order valence-electron chi connectivity index (χ4n) is 2.23. The summed E-state index contributed by atoms with van der Waals surface area (Å²) in [6.45, 7) is 6.30. The van der Waals surface area contributed by atoms with Crippen LogP contribution in [0, 0.1) is 32.0 Å². The van der Waals surface area contributed by atoms with Gasteiger partial charge in [-0.2, -0.15) is 0 Å². The molecule has 3 N–H and O–H groups in total. The standard InChI is InChI=1S/C17H19FN2O/c1-10-6-11(2)12(3)16(7-10)21-9-13-4-5-14(18)8-15(13)17(19)20/h4-8H,9H2,1-3H3,(H3,19,20). The lowest BCUT2D eigenvalue weighted by Gasteiger charge is -2.14. The van der Waals surface area contributed by atoms with Gasteiger partial charge in [-0.3, -0.25) is 5.41 Å². The molecule has 3 nitrogen and oxygen atoms in total. The zero-order chi connectivity index (χ0) is 15.6. The molecular formula is C17H19FN2O. The van der Waals surface area contributed by atoms with Crippen LogP contribution in [0.25, 0.3) is 0 Å². The highest BCUT2D eigenvalue weighted by atomic mass is 19.1. The Kier molecular flexibility index (Phi) is 4.26. The molecule has 0 aromatic heterocycles. The average molecular weight is 286 g/mol. The number of aryl methyl sites for hydroxylation is 2. The highest BCUT2D eigenvalue weighted by Crippen LogP contribution is 2.24. The Hall–Kier alpha value is -2.36. The van der Waals surface area contributed by atoms with E-state index in [-0.39, 0.29) is 12.4 Å². The van der Waals surface area contributed by atoms with E-state index in [9.17, 15) is 4.39 Å². The molecule has 4 heteroatoms. The number of hydrogen-bond acceptors (Lipinski definition) is 2. The van der Waals surface area contributed by atoms with Crippen molar-refractivity contribution in [3.05, 3.63) is 64.0 Å². The van der Waals surface area contributed by atoms with E-state index in [0.717, 1.165) is 22.4 Å². The van der Waals surface area contributed by atoms with Crippen LogP contribution in [0.3, 0.4) is 0 Å². The van der Waals surface area contributed by atoms with Crippen molar-refractivity contribution < 1.29 is 9.13 Å². The van der Waals surface area contributed by atoms with Gasteiger partial charge in [0, 0.05) is 11.1 Å². The van der Waals surface area contributed by atoms with Crippen molar-refractivity contribution in [2.24, 2.45) is 5.73 Å². The molecule has 0 spiro atoms. The molecule has 0 radical (unpaired) electrons. The molecule has 0 heterocycles. The second kappa shape index (κ2) is 5.95. The van der Waals surface area contributed by atoms with Crippen molar-refractivity contribution in [2.45, 2.75) is 27.4 Å². The fourth-order valence-corrected chi connectivity index (χ4v) is 2.23. The van der Waals surface area contributed by atoms with Crippen LogP contribution < -0.4 is 10.5 Å². The fraction of sp³-hybridized carbons (Fsp3) is 0.235. The number of nitrogens with one attached hydrogen (secondary N) is 1. The molecule has 0 saturated carbocycles. The van der Waals surface area contributed by atoms with Crippen LogP contribution >= 0.6 is 0 Å². The predicted molar refractivity (Wildman–Crippen MR) is 82.4 cm³/mol. The van der Waals surface area contributed by atoms with Gasteiger partial charge in [0.05, 0.1) is 0 Å². The minimum Gasteiger partial charge on any atom is -0.489 e. The quantitative estimate of drug-likeness (QED) is 0.666. The zero-order valence-corrected chi connectivity index (χ0v) is 12.5. The minimum atomic E-state index is -0.411. The summed E-state index contributed by atoms with van der Waals surface area (Å²) in [6, 6.07) is 8.28. The predicted octanol–water partition coefficient (Wildman–Crippen LogP) is 3.61. The van der Waals surface area contributed by atoms with Crippen molar-refractivity contribution in [2.75, 3.05) is 0 Å². The van der Waals surface area contributed by atoms with E-state index < -0.39 is 5.82 Å². The van der Waals surface area contributed by atoms with Crippen molar-refractivity contribution in [3.63, 3.8) is 0 Å². The number of amidine groups is 1. The third-order valence-corrected chi connectivity index (χ3v) is 3.51. The maximum Gasteiger partial charge on any atom is 0.123 e. The summed E-state index contributed by atoms with van der Waals surface area (Å²) < 4.78 is 19.1. The van der Waals surface area contributed by atoms with Gasteiger partial charge in [-0.1, -0.05) is 12.1 Å². The molecule has 21 heavy (non-hydrogen) atoms. The monoisotopic (exact) mass is 286 g/mol. The van der Waals surface area contributed by atoms with Gasteiger partial charge >= 0.3 is 0 Å². The van der Waals surface area contributed by atoms with Gasteiger partial charge in [0.25, 0.3) is 0 Å². The van der Waals surface area contributed by atoms with E-state index in [1.54, 1.807) is 6.07 Å². The molecule has 0 aliphatic carbocycles. The summed E-state index contributed by atoms with van der Waals surface area (Å²) in [7, 11) is 0. The lowest BCUT2D eigenvalue weighted by Crippen LogP contribution is -2.15. The van der Waals surface area contributed by atoms with Crippen LogP contribution in [0.4, 0.5) is 4.39 Å². The molecule has 0 saturated heterocycles. The number of benzene rings is 2. The highest BCUT2D eigenvalue weighted by Gasteiger charge is 2.09. The Morgan fingerprint density at radius 1 is 1.19 bits per heavy atom. The van der Waals surface area contributed by atoms with E-state index in [1.165, 1.54) is 12.1 Å². The summed E-state index contributed by atoms with van der Waals surface area (Å²) in [5, 5.41) is 7.52. The molecule has 0 bridgehead atoms. The van der Waals surface area contributed by atoms with Gasteiger partial charge in [-0.05, 0) is 55.7 Å². The molecule has 0 aliphatic rings. The van der Waals surface area contributed by atoms with Crippen LogP contribution in [0.2, 0.25) is 0 Å². The van der Waals surface area contributed by atoms with Gasteiger partial charge in [0.2, 0.25) is 0 Å². The molecule has 2 aromatic rings. The van der Waals surface area contributed by atoms with Crippen LogP contribution in [0.15, 0.2) is 30.3 Å². The molecule has 0 aliphatic heterocycles. The van der Waals surface area contributed by atoms with E-state index >= 15 is 0 Å². The second-order valence-corrected chi connectivity index (χ2v) is 5.21. The van der Waals surface area contributed by atoms with Crippen molar-refractivity contribution in [1.82, 2.24) is 0 Å². The molecule has 0 amide bonds. The third-order valence-electron chi connectivity index (χ3n) is 3.51. The topological polar surface area (TPSA) is 59.1 Å². The smallest absolute Gasteiger partial charge is 0.123 e. The van der Waals surface area contributed by atoms with Crippen molar-refractivity contribution >= 4 is 5.84 Å². The van der Waals surface area contributed by atoms with Gasteiger partial charge in [0.15, 0.2) is 0 Å². The van der Waals surface area contributed by atoms with E-state index in [2.05, 4.69) is 6.07 Å². The number of hydrogen-bond donors (Lipinski definition) is 2. The summed E-state index contributed by atoms with van der Waals surface area (Å²) in [5.41, 5.74) is 9.92. The largest absolute Gasteiger partial charge is 0.489 e. The van der Waals surface area contributed by atoms with Crippen LogP contribution in [0.1, 0.15) is 27.8 Å². The average Bonchev–Trinajstić information content (AvgIpc) is 2.42. The SMILES string of the molecule is Cc1cc(C)c(C)c(OCc2ccc(F)cc2C(=N)N)c1. The maximum atomic E-state index is 13.2. The maximum absolute atomic E-state index is 13.2. The summed E-state index contributed by atoms with van der Waals surface area (Å²) in [5.74, 6) is 0.225. The van der Waals surface area contributed by atoms with Gasteiger partial charge in [-0.25, -0.2) is 4.39 Å². The van der Waals surface area contributed by atoms with Crippen LogP contribution in [-0.2, 0) is 6.61 Å². The van der Waals surface area contributed by atoms with E-state index in [0.29, 0.717) is 11.1 Å². The second-order valence-electron chi connectivity index (χ2n) is 5.21. The lowest BCUT2D eigenvalue weighted by molar-refractivity contribution is 0.303. The molecule has 2 rings (SSSR count). The van der Waals surface area contributed by atoms with E-state index in [4.69, 9.17) is 15.9 Å². The first-order valence-corrected chi connectivity index (χ1v) is 6.72. The van der Waals surface area contributed by atoms with Crippen LogP contribution in [-0.4, -0.2) is 5.84 Å². The number of nitrogen functional groups attached to an aromatic ring is 1. The van der Waals surface area contributed by atoms with Crippen molar-refractivity contribution in [3.8, 4) is 5.75 Å². The zero-order valence-electron chi connectivity index (χ0n) is 12.5. The van der Waals surface area contributed by atoms with E-state index in [1.807, 2.05) is 26.8 Å². The number of halogens is 1. The Bertz CT molecular complexity index is 695. The summed E-state index contributed by atoms with van der Waals surface area (Å²) in [6.07, 6.45) is 0. The number of nitrogens with two attached hydrogens (primary N) is 1. The molecule has 0 fully saturated rings. The lowest BCUT2D eigenvalue weighted by atomic mass is 10.1. The number of ether oxygens (including phenoxy) is 1. The molecule has 0 unspecified atom stereocenters. The Morgan fingerprint density at radius 3 is 2.57 bits per heavy atom. The normalized spacial score (nSPS) is 10.5. The molecular weight excluding hydrogens is 267 g/mol. The number of rotatable bonds is 4. The summed E-state index contributed by atoms with van der Waals surface area (Å²) >= 11 is 0. The van der Waals surface area contributed by atoms with Gasteiger partial charge in [0.1, 0.15) is 24.0 Å². The third kappa shape index (κ3) is 3.40. The first-order valence-electron chi connectivity index (χ1n) is 6.72. The molecule has 0 atom stereocenters. The first kappa shape index (κ1) is 15.0. The Morgan fingerprint density at radius 2 is 1.90 bits per heavy atom. The van der Waals surface area contributed by atoms with Crippen LogP contribution in [0.5, 0.6) is 5.75 Å². The first-order chi connectivity index (χ1) is 9.88. The minimum absolute atomic E-state index is 0.162. The molecule has 110 valence electrons.